The molecule has 0 bridgehead atoms. The van der Waals surface area contributed by atoms with Gasteiger partial charge in [0.2, 0.25) is 10.0 Å². The molecule has 0 fully saturated rings. The van der Waals surface area contributed by atoms with Crippen LogP contribution in [0.2, 0.25) is 0 Å². The van der Waals surface area contributed by atoms with E-state index in [0.717, 1.165) is 36.3 Å². The largest absolute Gasteiger partial charge is 0.497 e. The highest BCUT2D eigenvalue weighted by molar-refractivity contribution is 7.89. The number of nitrogens with two attached hydrogens (primary N) is 1. The van der Waals surface area contributed by atoms with Crippen LogP contribution in [0.5, 0.6) is 5.75 Å². The lowest BCUT2D eigenvalue weighted by Crippen LogP contribution is -2.24. The summed E-state index contributed by atoms with van der Waals surface area (Å²) in [6.45, 7) is 2.48. The van der Waals surface area contributed by atoms with E-state index < -0.39 is 10.0 Å². The first-order valence-corrected chi connectivity index (χ1v) is 10.0. The lowest BCUT2D eigenvalue weighted by molar-refractivity contribution is 0.415. The predicted octanol–water partition coefficient (Wildman–Crippen LogP) is 1.99. The van der Waals surface area contributed by atoms with Crippen molar-refractivity contribution >= 4 is 20.9 Å². The Morgan fingerprint density at radius 3 is 2.65 bits per heavy atom. The quantitative estimate of drug-likeness (QED) is 0.734. The molecule has 136 valence electrons. The summed E-state index contributed by atoms with van der Waals surface area (Å²) in [4.78, 5) is 0.131. The molecule has 26 heavy (non-hydrogen) atoms. The normalized spacial score (nSPS) is 14.4. The van der Waals surface area contributed by atoms with Crippen LogP contribution in [0.25, 0.3) is 10.9 Å². The van der Waals surface area contributed by atoms with Gasteiger partial charge in [-0.2, -0.15) is 0 Å². The molecule has 0 radical (unpaired) electrons. The van der Waals surface area contributed by atoms with E-state index in [1.807, 2.05) is 18.2 Å². The maximum absolute atomic E-state index is 11.4. The number of fused-ring (bicyclic) bond motifs is 3. The molecule has 4 rings (SSSR count). The van der Waals surface area contributed by atoms with E-state index in [2.05, 4.69) is 22.0 Å². The Morgan fingerprint density at radius 1 is 1.19 bits per heavy atom. The van der Waals surface area contributed by atoms with Crippen molar-refractivity contribution in [3.05, 3.63) is 59.3 Å². The Kier molecular flexibility index (Phi) is 4.22. The van der Waals surface area contributed by atoms with Gasteiger partial charge in [0.25, 0.3) is 0 Å². The van der Waals surface area contributed by atoms with Gasteiger partial charge in [-0.25, -0.2) is 13.6 Å². The van der Waals surface area contributed by atoms with Gasteiger partial charge in [0.05, 0.1) is 17.5 Å². The molecule has 6 nitrogen and oxygen atoms in total. The van der Waals surface area contributed by atoms with Crippen LogP contribution in [-0.4, -0.2) is 26.6 Å². The molecule has 3 N–H and O–H groups in total. The number of sulfonamides is 1. The molecule has 1 aromatic heterocycles. The number of hydrogen-bond acceptors (Lipinski definition) is 4. The van der Waals surface area contributed by atoms with Gasteiger partial charge in [-0.05, 0) is 35.4 Å². The van der Waals surface area contributed by atoms with Crippen LogP contribution in [0, 0.1) is 0 Å². The number of ether oxygens (including phenoxy) is 1. The summed E-state index contributed by atoms with van der Waals surface area (Å²) in [6.07, 6.45) is 0.960. The first-order chi connectivity index (χ1) is 12.5. The number of nitrogens with zero attached hydrogens (tertiary/aromatic N) is 1. The number of aromatic nitrogens is 1. The molecule has 7 heteroatoms. The number of nitrogens with one attached hydrogen (secondary N) is 1. The third kappa shape index (κ3) is 2.98. The fraction of sp³-hybridized carbons (Fsp3) is 0.263. The summed E-state index contributed by atoms with van der Waals surface area (Å²) >= 11 is 0. The summed E-state index contributed by atoms with van der Waals surface area (Å²) < 4.78 is 30.6. The number of methoxy groups -OCH3 is 1. The second-order valence-electron chi connectivity index (χ2n) is 6.51. The smallest absolute Gasteiger partial charge is 0.238 e. The van der Waals surface area contributed by atoms with Crippen LogP contribution in [-0.2, 0) is 29.5 Å². The Morgan fingerprint density at radius 2 is 1.96 bits per heavy atom. The van der Waals surface area contributed by atoms with Crippen LogP contribution in [0.3, 0.4) is 0 Å². The molecule has 2 aromatic carbocycles. The Balaban J connectivity index is 1.80. The Labute approximate surface area is 152 Å². The van der Waals surface area contributed by atoms with E-state index in [9.17, 15) is 8.42 Å². The molecule has 1 aliphatic rings. The van der Waals surface area contributed by atoms with Gasteiger partial charge >= 0.3 is 0 Å². The van der Waals surface area contributed by atoms with Crippen molar-refractivity contribution in [2.75, 3.05) is 13.7 Å². The van der Waals surface area contributed by atoms with Gasteiger partial charge < -0.3 is 14.6 Å². The fourth-order valence-electron chi connectivity index (χ4n) is 3.63. The predicted molar refractivity (Wildman–Crippen MR) is 101 cm³/mol. The summed E-state index contributed by atoms with van der Waals surface area (Å²) in [6, 6.07) is 12.9. The highest BCUT2D eigenvalue weighted by Gasteiger charge is 2.20. The third-order valence-electron chi connectivity index (χ3n) is 4.93. The van der Waals surface area contributed by atoms with E-state index >= 15 is 0 Å². The number of hydrogen-bond donors (Lipinski definition) is 2. The average Bonchev–Trinajstić information content (AvgIpc) is 2.95. The zero-order valence-electron chi connectivity index (χ0n) is 14.5. The van der Waals surface area contributed by atoms with Gasteiger partial charge in [-0.3, -0.25) is 0 Å². The minimum absolute atomic E-state index is 0.131. The van der Waals surface area contributed by atoms with Crippen LogP contribution in [0.4, 0.5) is 0 Å². The highest BCUT2D eigenvalue weighted by Crippen LogP contribution is 2.32. The molecule has 1 aliphatic heterocycles. The first kappa shape index (κ1) is 17.1. The molecular weight excluding hydrogens is 350 g/mol. The minimum atomic E-state index is -3.67. The summed E-state index contributed by atoms with van der Waals surface area (Å²) in [5.74, 6) is 0.825. The molecule has 0 amide bonds. The van der Waals surface area contributed by atoms with E-state index in [0.29, 0.717) is 6.54 Å². The van der Waals surface area contributed by atoms with Crippen molar-refractivity contribution in [2.45, 2.75) is 24.4 Å². The topological polar surface area (TPSA) is 86.3 Å². The van der Waals surface area contributed by atoms with E-state index in [-0.39, 0.29) is 4.90 Å². The number of benzene rings is 2. The van der Waals surface area contributed by atoms with Gasteiger partial charge in [0.15, 0.2) is 0 Å². The average molecular weight is 371 g/mol. The standard InChI is InChI=1S/C19H21N3O3S/c1-25-14-4-7-16-17-11-21-9-8-18(17)22(19(16)10-14)12-13-2-5-15(6-3-13)26(20,23)24/h2-7,10,21H,8-9,11-12H2,1H3,(H2,20,23,24). The SMILES string of the molecule is COc1ccc2c3c(n(Cc4ccc(S(N)(=O)=O)cc4)c2c1)CCNC3. The summed E-state index contributed by atoms with van der Waals surface area (Å²) in [5.41, 5.74) is 4.81. The second-order valence-corrected chi connectivity index (χ2v) is 8.07. The molecule has 3 aromatic rings. The Bertz CT molecular complexity index is 1070. The second kappa shape index (κ2) is 6.42. The number of rotatable bonds is 4. The molecular formula is C19H21N3O3S. The van der Waals surface area contributed by atoms with Crippen molar-refractivity contribution < 1.29 is 13.2 Å². The maximum atomic E-state index is 11.4. The van der Waals surface area contributed by atoms with Crippen LogP contribution in [0.15, 0.2) is 47.4 Å². The molecule has 0 atom stereocenters. The molecule has 0 aliphatic carbocycles. The molecule has 0 saturated carbocycles. The zero-order valence-corrected chi connectivity index (χ0v) is 15.3. The van der Waals surface area contributed by atoms with Gasteiger partial charge in [0, 0.05) is 43.2 Å². The molecule has 2 heterocycles. The van der Waals surface area contributed by atoms with Crippen molar-refractivity contribution in [2.24, 2.45) is 5.14 Å². The van der Waals surface area contributed by atoms with Crippen molar-refractivity contribution in [1.82, 2.24) is 9.88 Å². The van der Waals surface area contributed by atoms with E-state index in [4.69, 9.17) is 9.88 Å². The Hall–Kier alpha value is -2.35. The van der Waals surface area contributed by atoms with Crippen LogP contribution >= 0.6 is 0 Å². The highest BCUT2D eigenvalue weighted by atomic mass is 32.2. The lowest BCUT2D eigenvalue weighted by atomic mass is 10.1. The van der Waals surface area contributed by atoms with E-state index in [1.165, 1.54) is 16.6 Å². The first-order valence-electron chi connectivity index (χ1n) is 8.48. The third-order valence-corrected chi connectivity index (χ3v) is 5.86. The molecule has 0 saturated heterocycles. The van der Waals surface area contributed by atoms with Crippen LogP contribution < -0.4 is 15.2 Å². The van der Waals surface area contributed by atoms with Crippen molar-refractivity contribution in [3.63, 3.8) is 0 Å². The molecule has 0 spiro atoms. The van der Waals surface area contributed by atoms with Gasteiger partial charge in [-0.1, -0.05) is 12.1 Å². The van der Waals surface area contributed by atoms with E-state index in [1.54, 1.807) is 19.2 Å². The monoisotopic (exact) mass is 371 g/mol. The molecule has 0 unspecified atom stereocenters. The summed E-state index contributed by atoms with van der Waals surface area (Å²) in [5, 5.41) is 9.86. The van der Waals surface area contributed by atoms with Gasteiger partial charge in [-0.15, -0.1) is 0 Å². The lowest BCUT2D eigenvalue weighted by Gasteiger charge is -2.17. The fourth-order valence-corrected chi connectivity index (χ4v) is 4.15. The number of primary sulfonamides is 1. The maximum Gasteiger partial charge on any atom is 0.238 e. The summed E-state index contributed by atoms with van der Waals surface area (Å²) in [7, 11) is -2.00. The van der Waals surface area contributed by atoms with Crippen molar-refractivity contribution in [3.8, 4) is 5.75 Å². The van der Waals surface area contributed by atoms with Crippen LogP contribution in [0.1, 0.15) is 16.8 Å². The van der Waals surface area contributed by atoms with Gasteiger partial charge in [0.1, 0.15) is 5.75 Å². The minimum Gasteiger partial charge on any atom is -0.497 e. The van der Waals surface area contributed by atoms with Crippen molar-refractivity contribution in [1.29, 1.82) is 0 Å². The zero-order chi connectivity index (χ0) is 18.3.